The van der Waals surface area contributed by atoms with E-state index in [1.54, 1.807) is 0 Å². The Balaban J connectivity index is 4.02. The molecule has 6 heteroatoms. The molecule has 0 rings (SSSR count). The minimum atomic E-state index is -0.769. The summed E-state index contributed by atoms with van der Waals surface area (Å²) in [6.45, 7) is 6.66. The molecule has 0 aliphatic heterocycles. The topological polar surface area (TPSA) is 78.9 Å². The summed E-state index contributed by atoms with van der Waals surface area (Å²) in [5.74, 6) is -0.849. The van der Waals surface area contributed by atoms with E-state index in [-0.39, 0.29) is 31.1 Å². The van der Waals surface area contributed by atoms with E-state index in [2.05, 4.69) is 57.2 Å². The van der Waals surface area contributed by atoms with Crippen molar-refractivity contribution < 1.29 is 28.6 Å². The van der Waals surface area contributed by atoms with Gasteiger partial charge in [0.15, 0.2) is 6.10 Å². The first kappa shape index (κ1) is 77.6. The van der Waals surface area contributed by atoms with E-state index < -0.39 is 6.10 Å². The number of esters is 3. The summed E-state index contributed by atoms with van der Waals surface area (Å²) >= 11 is 0. The van der Waals surface area contributed by atoms with Crippen LogP contribution in [0.1, 0.15) is 400 Å². The quantitative estimate of drug-likeness (QED) is 0.0261. The normalized spacial score (nSPS) is 12.2. The van der Waals surface area contributed by atoms with E-state index in [4.69, 9.17) is 14.2 Å². The maximum absolute atomic E-state index is 12.9. The van der Waals surface area contributed by atoms with Crippen molar-refractivity contribution in [2.45, 2.75) is 406 Å². The Hall–Kier alpha value is -2.37. The first-order valence-corrected chi connectivity index (χ1v) is 36.0. The van der Waals surface area contributed by atoms with Crippen LogP contribution in [0.2, 0.25) is 0 Å². The van der Waals surface area contributed by atoms with E-state index in [0.717, 1.165) is 70.6 Å². The molecule has 0 fully saturated rings. The fraction of sp³-hybridized carbons (Fsp3) is 0.878. The maximum Gasteiger partial charge on any atom is 0.306 e. The van der Waals surface area contributed by atoms with Gasteiger partial charge in [-0.25, -0.2) is 0 Å². The number of allylic oxidation sites excluding steroid dienone is 6. The lowest BCUT2D eigenvalue weighted by Gasteiger charge is -2.18. The smallest absolute Gasteiger partial charge is 0.306 e. The zero-order valence-corrected chi connectivity index (χ0v) is 54.1. The third-order valence-electron chi connectivity index (χ3n) is 16.4. The van der Waals surface area contributed by atoms with Crippen molar-refractivity contribution in [1.29, 1.82) is 0 Å². The predicted octanol–water partition coefficient (Wildman–Crippen LogP) is 24.7. The molecule has 0 saturated carbocycles. The molecule has 0 bridgehead atoms. The van der Waals surface area contributed by atoms with Crippen molar-refractivity contribution >= 4 is 17.9 Å². The lowest BCUT2D eigenvalue weighted by atomic mass is 10.0. The third-order valence-corrected chi connectivity index (χ3v) is 16.4. The Morgan fingerprint density at radius 2 is 0.450 bits per heavy atom. The minimum Gasteiger partial charge on any atom is -0.462 e. The minimum absolute atomic E-state index is 0.0673. The molecule has 0 amide bonds. The molecule has 0 aliphatic carbocycles. The van der Waals surface area contributed by atoms with E-state index in [1.807, 2.05) is 0 Å². The Morgan fingerprint density at radius 3 is 0.700 bits per heavy atom. The number of carbonyl (C=O) groups is 3. The average molecular weight is 1120 g/mol. The fourth-order valence-corrected chi connectivity index (χ4v) is 11.0. The number of rotatable bonds is 67. The molecule has 0 N–H and O–H groups in total. The van der Waals surface area contributed by atoms with Gasteiger partial charge < -0.3 is 14.2 Å². The number of unbranched alkanes of at least 4 members (excludes halogenated alkanes) is 50. The van der Waals surface area contributed by atoms with Crippen LogP contribution in [-0.2, 0) is 28.6 Å². The Bertz CT molecular complexity index is 1340. The van der Waals surface area contributed by atoms with Crippen LogP contribution < -0.4 is 0 Å². The van der Waals surface area contributed by atoms with E-state index >= 15 is 0 Å². The summed E-state index contributed by atoms with van der Waals surface area (Å²) < 4.78 is 16.9. The molecule has 0 spiro atoms. The molecule has 0 saturated heterocycles. The summed E-state index contributed by atoms with van der Waals surface area (Å²) in [5.41, 5.74) is 0. The Morgan fingerprint density at radius 1 is 0.250 bits per heavy atom. The monoisotopic (exact) mass is 1120 g/mol. The highest BCUT2D eigenvalue weighted by molar-refractivity contribution is 5.71. The van der Waals surface area contributed by atoms with Gasteiger partial charge in [-0.05, 0) is 57.8 Å². The molecule has 0 heterocycles. The molecule has 80 heavy (non-hydrogen) atoms. The molecular formula is C74H138O6. The molecule has 0 aliphatic rings. The third kappa shape index (κ3) is 66.4. The average Bonchev–Trinajstić information content (AvgIpc) is 3.46. The van der Waals surface area contributed by atoms with Crippen LogP contribution in [0.25, 0.3) is 0 Å². The largest absolute Gasteiger partial charge is 0.462 e. The van der Waals surface area contributed by atoms with Crippen LogP contribution in [0.15, 0.2) is 36.5 Å². The molecule has 1 unspecified atom stereocenters. The number of ether oxygens (including phenoxy) is 3. The molecule has 1 atom stereocenters. The molecule has 470 valence electrons. The van der Waals surface area contributed by atoms with E-state index in [9.17, 15) is 14.4 Å². The highest BCUT2D eigenvalue weighted by Crippen LogP contribution is 2.19. The second-order valence-corrected chi connectivity index (χ2v) is 24.5. The zero-order valence-electron chi connectivity index (χ0n) is 54.1. The van der Waals surface area contributed by atoms with Gasteiger partial charge in [-0.15, -0.1) is 0 Å². The highest BCUT2D eigenvalue weighted by atomic mass is 16.6. The van der Waals surface area contributed by atoms with Crippen molar-refractivity contribution in [2.75, 3.05) is 13.2 Å². The van der Waals surface area contributed by atoms with Crippen LogP contribution in [0.4, 0.5) is 0 Å². The number of carbonyl (C=O) groups excluding carboxylic acids is 3. The van der Waals surface area contributed by atoms with Crippen molar-refractivity contribution in [2.24, 2.45) is 0 Å². The van der Waals surface area contributed by atoms with Gasteiger partial charge >= 0.3 is 17.9 Å². The second-order valence-electron chi connectivity index (χ2n) is 24.5. The summed E-state index contributed by atoms with van der Waals surface area (Å²) in [5, 5.41) is 0. The molecule has 6 nitrogen and oxygen atoms in total. The number of hydrogen-bond donors (Lipinski definition) is 0. The highest BCUT2D eigenvalue weighted by Gasteiger charge is 2.19. The van der Waals surface area contributed by atoms with Crippen molar-refractivity contribution in [3.8, 4) is 0 Å². The van der Waals surface area contributed by atoms with Crippen LogP contribution in [0, 0.1) is 0 Å². The van der Waals surface area contributed by atoms with Gasteiger partial charge in [0.25, 0.3) is 0 Å². The van der Waals surface area contributed by atoms with Crippen LogP contribution >= 0.6 is 0 Å². The SMILES string of the molecule is CCCCCCC/C=C\C/C=C\C/C=C\CCCCCCCCCCCCCCC(=O)OC(COC(=O)CCCCCCCCC)COC(=O)CCCCCCCCCCCCCCCCCCCCCCCCCCCCCC. The summed E-state index contributed by atoms with van der Waals surface area (Å²) in [6.07, 6.45) is 86.4. The van der Waals surface area contributed by atoms with Gasteiger partial charge in [0.1, 0.15) is 13.2 Å². The van der Waals surface area contributed by atoms with Crippen LogP contribution in [-0.4, -0.2) is 37.2 Å². The molecule has 0 aromatic rings. The zero-order chi connectivity index (χ0) is 57.8. The molecule has 0 aromatic heterocycles. The van der Waals surface area contributed by atoms with E-state index in [1.165, 1.54) is 289 Å². The van der Waals surface area contributed by atoms with Gasteiger partial charge in [-0.2, -0.15) is 0 Å². The molecule has 0 radical (unpaired) electrons. The van der Waals surface area contributed by atoms with Gasteiger partial charge in [0, 0.05) is 19.3 Å². The van der Waals surface area contributed by atoms with E-state index in [0.29, 0.717) is 19.3 Å². The second kappa shape index (κ2) is 69.1. The number of hydrogen-bond acceptors (Lipinski definition) is 6. The van der Waals surface area contributed by atoms with Crippen molar-refractivity contribution in [1.82, 2.24) is 0 Å². The van der Waals surface area contributed by atoms with Crippen LogP contribution in [0.3, 0.4) is 0 Å². The van der Waals surface area contributed by atoms with Gasteiger partial charge in [0.2, 0.25) is 0 Å². The lowest BCUT2D eigenvalue weighted by molar-refractivity contribution is -0.167. The summed E-state index contributed by atoms with van der Waals surface area (Å²) in [4.78, 5) is 38.2. The van der Waals surface area contributed by atoms with Gasteiger partial charge in [-0.3, -0.25) is 14.4 Å². The van der Waals surface area contributed by atoms with Crippen molar-refractivity contribution in [3.05, 3.63) is 36.5 Å². The Labute approximate surface area is 499 Å². The van der Waals surface area contributed by atoms with Gasteiger partial charge in [0.05, 0.1) is 0 Å². The first-order chi connectivity index (χ1) is 39.5. The molecule has 0 aromatic carbocycles. The van der Waals surface area contributed by atoms with Gasteiger partial charge in [-0.1, -0.05) is 359 Å². The Kier molecular flexibility index (Phi) is 67.1. The van der Waals surface area contributed by atoms with Crippen LogP contribution in [0.5, 0.6) is 0 Å². The summed E-state index contributed by atoms with van der Waals surface area (Å²) in [6, 6.07) is 0. The fourth-order valence-electron chi connectivity index (χ4n) is 11.0. The predicted molar refractivity (Wildman–Crippen MR) is 349 cm³/mol. The first-order valence-electron chi connectivity index (χ1n) is 36.0. The lowest BCUT2D eigenvalue weighted by Crippen LogP contribution is -2.30. The maximum atomic E-state index is 12.9. The standard InChI is InChI=1S/C74H138O6/c1-4-7-10-13-16-18-20-22-24-26-28-30-32-34-36-38-39-41-43-45-47-49-51-53-55-58-61-64-67-73(76)79-70-71(69-78-72(75)66-63-60-57-15-12-9-6-3)80-74(77)68-65-62-59-56-54-52-50-48-46-44-42-40-37-35-33-31-29-27-25-23-21-19-17-14-11-8-5-2/h21,23,27,29,33,35,71H,4-20,22,24-26,28,30-32,34,36-70H2,1-3H3/b23-21-,29-27-,35-33-. The van der Waals surface area contributed by atoms with Crippen molar-refractivity contribution in [3.63, 3.8) is 0 Å². The molecular weight excluding hydrogens is 985 g/mol. The summed E-state index contributed by atoms with van der Waals surface area (Å²) in [7, 11) is 0.